The van der Waals surface area contributed by atoms with Crippen molar-refractivity contribution in [1.29, 1.82) is 0 Å². The number of non-ortho nitro benzene ring substituents is 1. The highest BCUT2D eigenvalue weighted by atomic mass is 32.2. The van der Waals surface area contributed by atoms with Gasteiger partial charge in [-0.1, -0.05) is 0 Å². The first-order chi connectivity index (χ1) is 8.83. The maximum absolute atomic E-state index is 11.4. The summed E-state index contributed by atoms with van der Waals surface area (Å²) in [5.74, 6) is 0. The Balaban J connectivity index is 2.40. The van der Waals surface area contributed by atoms with Gasteiger partial charge in [0.1, 0.15) is 0 Å². The monoisotopic (exact) mass is 288 g/mol. The van der Waals surface area contributed by atoms with Crippen molar-refractivity contribution in [3.05, 3.63) is 34.4 Å². The van der Waals surface area contributed by atoms with Crippen molar-refractivity contribution in [2.45, 2.75) is 0 Å². The van der Waals surface area contributed by atoms with Crippen LogP contribution in [0.25, 0.3) is 0 Å². The van der Waals surface area contributed by atoms with E-state index in [1.807, 2.05) is 0 Å². The van der Waals surface area contributed by atoms with Crippen molar-refractivity contribution < 1.29 is 13.3 Å². The molecule has 0 aliphatic carbocycles. The van der Waals surface area contributed by atoms with E-state index in [4.69, 9.17) is 0 Å². The van der Waals surface area contributed by atoms with Crippen LogP contribution in [-0.4, -0.2) is 44.8 Å². The van der Waals surface area contributed by atoms with Crippen LogP contribution in [0.3, 0.4) is 0 Å². The number of nitrogens with one attached hydrogen (secondary N) is 2. The molecule has 0 heterocycles. The van der Waals surface area contributed by atoms with Crippen molar-refractivity contribution >= 4 is 21.6 Å². The molecule has 0 fully saturated rings. The summed E-state index contributed by atoms with van der Waals surface area (Å²) >= 11 is 0. The highest BCUT2D eigenvalue weighted by Gasteiger charge is 2.11. The summed E-state index contributed by atoms with van der Waals surface area (Å²) in [4.78, 5) is 9.97. The molecule has 0 radical (unpaired) electrons. The third-order valence-electron chi connectivity index (χ3n) is 2.30. The minimum absolute atomic E-state index is 0.0128. The Kier molecular flexibility index (Phi) is 5.21. The molecule has 0 atom stereocenters. The summed E-state index contributed by atoms with van der Waals surface area (Å²) in [5.41, 5.74) is 0.702. The highest BCUT2D eigenvalue weighted by Crippen LogP contribution is 2.14. The van der Waals surface area contributed by atoms with E-state index in [0.29, 0.717) is 12.2 Å². The summed E-state index contributed by atoms with van der Waals surface area (Å²) in [5, 5.41) is 13.4. The number of benzene rings is 1. The molecule has 0 aromatic heterocycles. The molecule has 1 aromatic rings. The first-order valence-electron chi connectivity index (χ1n) is 5.48. The third-order valence-corrected chi connectivity index (χ3v) is 3.83. The van der Waals surface area contributed by atoms with Crippen molar-refractivity contribution in [2.75, 3.05) is 32.5 Å². The molecule has 0 aliphatic rings. The van der Waals surface area contributed by atoms with Crippen LogP contribution in [0, 0.1) is 10.1 Å². The first kappa shape index (κ1) is 15.3. The molecule has 0 spiro atoms. The molecule has 0 saturated carbocycles. The van der Waals surface area contributed by atoms with Crippen LogP contribution in [0.4, 0.5) is 11.4 Å². The van der Waals surface area contributed by atoms with Crippen LogP contribution in [0.5, 0.6) is 0 Å². The van der Waals surface area contributed by atoms with Crippen molar-refractivity contribution in [3.8, 4) is 0 Å². The average Bonchev–Trinajstić information content (AvgIpc) is 2.35. The lowest BCUT2D eigenvalue weighted by Crippen LogP contribution is -2.38. The summed E-state index contributed by atoms with van der Waals surface area (Å²) < 4.78 is 26.2. The molecule has 106 valence electrons. The molecule has 1 rings (SSSR count). The Hall–Kier alpha value is -1.71. The number of nitro benzene ring substituents is 1. The van der Waals surface area contributed by atoms with Crippen LogP contribution in [0.1, 0.15) is 0 Å². The molecule has 9 heteroatoms. The average molecular weight is 288 g/mol. The number of hydrogen-bond donors (Lipinski definition) is 2. The minimum Gasteiger partial charge on any atom is -0.384 e. The first-order valence-corrected chi connectivity index (χ1v) is 6.92. The van der Waals surface area contributed by atoms with Crippen molar-refractivity contribution in [2.24, 2.45) is 0 Å². The zero-order valence-electron chi connectivity index (χ0n) is 10.7. The van der Waals surface area contributed by atoms with E-state index in [9.17, 15) is 18.5 Å². The molecular formula is C10H16N4O4S. The molecule has 0 unspecified atom stereocenters. The van der Waals surface area contributed by atoms with Gasteiger partial charge in [0.25, 0.3) is 15.9 Å². The maximum Gasteiger partial charge on any atom is 0.278 e. The predicted molar refractivity (Wildman–Crippen MR) is 72.2 cm³/mol. The second kappa shape index (κ2) is 6.45. The smallest absolute Gasteiger partial charge is 0.278 e. The Labute approximate surface area is 111 Å². The minimum atomic E-state index is -3.42. The van der Waals surface area contributed by atoms with E-state index >= 15 is 0 Å². The molecular weight excluding hydrogens is 272 g/mol. The molecule has 8 nitrogen and oxygen atoms in total. The van der Waals surface area contributed by atoms with Gasteiger partial charge in [-0.2, -0.15) is 12.7 Å². The van der Waals surface area contributed by atoms with E-state index in [0.717, 1.165) is 4.31 Å². The molecule has 0 bridgehead atoms. The predicted octanol–water partition coefficient (Wildman–Crippen LogP) is 0.403. The normalized spacial score (nSPS) is 11.5. The van der Waals surface area contributed by atoms with Crippen LogP contribution in [0.15, 0.2) is 24.3 Å². The Morgan fingerprint density at radius 1 is 1.21 bits per heavy atom. The topological polar surface area (TPSA) is 105 Å². The molecule has 0 aliphatic heterocycles. The summed E-state index contributed by atoms with van der Waals surface area (Å²) in [6.45, 7) is 0.600. The fourth-order valence-corrected chi connectivity index (χ4v) is 1.84. The SMILES string of the molecule is CN(C)S(=O)(=O)NCCNc1ccc([N+](=O)[O-])cc1. The molecule has 0 amide bonds. The Morgan fingerprint density at radius 3 is 2.26 bits per heavy atom. The lowest BCUT2D eigenvalue weighted by atomic mass is 10.3. The van der Waals surface area contributed by atoms with Gasteiger partial charge in [-0.25, -0.2) is 4.72 Å². The van der Waals surface area contributed by atoms with Crippen molar-refractivity contribution in [1.82, 2.24) is 9.03 Å². The number of nitro groups is 1. The second-order valence-corrected chi connectivity index (χ2v) is 5.88. The number of hydrogen-bond acceptors (Lipinski definition) is 5. The maximum atomic E-state index is 11.4. The van der Waals surface area contributed by atoms with Gasteiger partial charge in [-0.05, 0) is 12.1 Å². The van der Waals surface area contributed by atoms with Gasteiger partial charge in [0.2, 0.25) is 0 Å². The molecule has 0 saturated heterocycles. The zero-order chi connectivity index (χ0) is 14.5. The third kappa shape index (κ3) is 4.81. The number of anilines is 1. The highest BCUT2D eigenvalue weighted by molar-refractivity contribution is 7.87. The standard InChI is InChI=1S/C10H16N4O4S/c1-13(2)19(17,18)12-8-7-11-9-3-5-10(6-4-9)14(15)16/h3-6,11-12H,7-8H2,1-2H3. The zero-order valence-corrected chi connectivity index (χ0v) is 11.5. The Bertz CT molecular complexity index is 527. The van der Waals surface area contributed by atoms with Crippen LogP contribution < -0.4 is 10.0 Å². The second-order valence-electron chi connectivity index (χ2n) is 3.91. The largest absolute Gasteiger partial charge is 0.384 e. The van der Waals surface area contributed by atoms with Crippen LogP contribution >= 0.6 is 0 Å². The van der Waals surface area contributed by atoms with E-state index in [-0.39, 0.29) is 12.2 Å². The lowest BCUT2D eigenvalue weighted by Gasteiger charge is -2.12. The van der Waals surface area contributed by atoms with Gasteiger partial charge >= 0.3 is 0 Å². The van der Waals surface area contributed by atoms with Gasteiger partial charge < -0.3 is 5.32 Å². The van der Waals surface area contributed by atoms with E-state index in [1.165, 1.54) is 26.2 Å². The quantitative estimate of drug-likeness (QED) is 0.429. The van der Waals surface area contributed by atoms with Crippen molar-refractivity contribution in [3.63, 3.8) is 0 Å². The number of nitrogens with zero attached hydrogens (tertiary/aromatic N) is 2. The number of rotatable bonds is 7. The Morgan fingerprint density at radius 2 is 1.79 bits per heavy atom. The van der Waals surface area contributed by atoms with E-state index in [1.54, 1.807) is 12.1 Å². The van der Waals surface area contributed by atoms with Crippen LogP contribution in [0.2, 0.25) is 0 Å². The van der Waals surface area contributed by atoms with Gasteiger partial charge in [-0.15, -0.1) is 0 Å². The van der Waals surface area contributed by atoms with Gasteiger partial charge in [0.15, 0.2) is 0 Å². The lowest BCUT2D eigenvalue weighted by molar-refractivity contribution is -0.384. The van der Waals surface area contributed by atoms with Gasteiger partial charge in [0.05, 0.1) is 4.92 Å². The van der Waals surface area contributed by atoms with E-state index in [2.05, 4.69) is 10.0 Å². The molecule has 1 aromatic carbocycles. The summed E-state index contributed by atoms with van der Waals surface area (Å²) in [6.07, 6.45) is 0. The fraction of sp³-hybridized carbons (Fsp3) is 0.400. The summed E-state index contributed by atoms with van der Waals surface area (Å²) in [6, 6.07) is 5.90. The van der Waals surface area contributed by atoms with Gasteiger partial charge in [-0.3, -0.25) is 10.1 Å². The molecule has 19 heavy (non-hydrogen) atoms. The molecule has 2 N–H and O–H groups in total. The summed E-state index contributed by atoms with van der Waals surface area (Å²) in [7, 11) is -0.543. The van der Waals surface area contributed by atoms with E-state index < -0.39 is 15.1 Å². The fourth-order valence-electron chi connectivity index (χ4n) is 1.22. The van der Waals surface area contributed by atoms with Gasteiger partial charge in [0, 0.05) is 45.0 Å². The van der Waals surface area contributed by atoms with Crippen LogP contribution in [-0.2, 0) is 10.2 Å².